The number of imide groups is 1. The van der Waals surface area contributed by atoms with Gasteiger partial charge in [-0.05, 0) is 61.7 Å². The average molecular weight is 538 g/mol. The Morgan fingerprint density at radius 1 is 1.11 bits per heavy atom. The van der Waals surface area contributed by atoms with Crippen LogP contribution in [0.4, 0.5) is 4.79 Å². The minimum atomic E-state index is -0.397. The van der Waals surface area contributed by atoms with E-state index in [4.69, 9.17) is 21.1 Å². The number of hydrogen-bond donors (Lipinski definition) is 2. The zero-order chi connectivity index (χ0) is 26.3. The number of phenols is 1. The Balaban J connectivity index is 1.27. The van der Waals surface area contributed by atoms with E-state index in [1.54, 1.807) is 19.9 Å². The van der Waals surface area contributed by atoms with Gasteiger partial charge in [0.15, 0.2) is 0 Å². The van der Waals surface area contributed by atoms with Crippen molar-refractivity contribution in [3.8, 4) is 23.0 Å². The number of nitrogens with one attached hydrogen (secondary N) is 1. The third-order valence-corrected chi connectivity index (χ3v) is 7.73. The second-order valence-corrected chi connectivity index (χ2v) is 10.4. The molecule has 1 aromatic heterocycles. The number of rotatable bonds is 7. The van der Waals surface area contributed by atoms with Crippen molar-refractivity contribution in [2.75, 3.05) is 0 Å². The van der Waals surface area contributed by atoms with E-state index in [0.29, 0.717) is 39.8 Å². The summed E-state index contributed by atoms with van der Waals surface area (Å²) >= 11 is 7.41. The standard InChI is InChI=1S/C27H24ClN3O5S/c1-14-10-21(24(28)15(2)25(14)32)36-18-8-9-19-20(12-18)31(3)23(29-19)13-35-17-6-4-16(5-7-17)11-22-26(33)30-27(34)37-22/h4-10,12,22,32H,11,13H2,1-3H3,(H,30,33,34). The van der Waals surface area contributed by atoms with Crippen LogP contribution in [-0.2, 0) is 24.9 Å². The lowest BCUT2D eigenvalue weighted by Gasteiger charge is -2.13. The maximum absolute atomic E-state index is 11.8. The van der Waals surface area contributed by atoms with Gasteiger partial charge < -0.3 is 19.1 Å². The Morgan fingerprint density at radius 2 is 1.84 bits per heavy atom. The number of benzene rings is 3. The minimum Gasteiger partial charge on any atom is -0.507 e. The van der Waals surface area contributed by atoms with E-state index in [9.17, 15) is 14.7 Å². The van der Waals surface area contributed by atoms with Gasteiger partial charge in [-0.3, -0.25) is 14.9 Å². The molecule has 2 heterocycles. The van der Waals surface area contributed by atoms with Crippen LogP contribution in [0.5, 0.6) is 23.0 Å². The predicted molar refractivity (Wildman–Crippen MR) is 143 cm³/mol. The van der Waals surface area contributed by atoms with Crippen LogP contribution < -0.4 is 14.8 Å². The quantitative estimate of drug-likeness (QED) is 0.306. The molecule has 0 bridgehead atoms. The van der Waals surface area contributed by atoms with Crippen molar-refractivity contribution in [2.45, 2.75) is 32.1 Å². The summed E-state index contributed by atoms with van der Waals surface area (Å²) < 4.78 is 13.9. The second kappa shape index (κ2) is 9.99. The lowest BCUT2D eigenvalue weighted by atomic mass is 10.1. The van der Waals surface area contributed by atoms with Gasteiger partial charge in [0.1, 0.15) is 35.4 Å². The van der Waals surface area contributed by atoms with Gasteiger partial charge in [0.05, 0.1) is 21.3 Å². The fourth-order valence-corrected chi connectivity index (χ4v) is 5.18. The van der Waals surface area contributed by atoms with Crippen molar-refractivity contribution in [3.05, 3.63) is 76.1 Å². The fourth-order valence-electron chi connectivity index (χ4n) is 4.14. The molecule has 1 saturated heterocycles. The first-order valence-electron chi connectivity index (χ1n) is 11.5. The second-order valence-electron chi connectivity index (χ2n) is 8.84. The molecule has 1 atom stereocenters. The molecule has 10 heteroatoms. The van der Waals surface area contributed by atoms with Gasteiger partial charge >= 0.3 is 0 Å². The lowest BCUT2D eigenvalue weighted by Crippen LogP contribution is -2.25. The van der Waals surface area contributed by atoms with E-state index in [1.807, 2.05) is 54.1 Å². The average Bonchev–Trinajstić information content (AvgIpc) is 3.37. The highest BCUT2D eigenvalue weighted by Crippen LogP contribution is 2.39. The lowest BCUT2D eigenvalue weighted by molar-refractivity contribution is -0.118. The zero-order valence-electron chi connectivity index (χ0n) is 20.4. The minimum absolute atomic E-state index is 0.162. The highest BCUT2D eigenvalue weighted by Gasteiger charge is 2.31. The van der Waals surface area contributed by atoms with E-state index in [1.165, 1.54) is 0 Å². The summed E-state index contributed by atoms with van der Waals surface area (Å²) in [4.78, 5) is 27.8. The van der Waals surface area contributed by atoms with E-state index in [2.05, 4.69) is 10.3 Å². The molecule has 3 aromatic carbocycles. The monoisotopic (exact) mass is 537 g/mol. The molecule has 0 radical (unpaired) electrons. The topological polar surface area (TPSA) is 103 Å². The third-order valence-electron chi connectivity index (χ3n) is 6.27. The summed E-state index contributed by atoms with van der Waals surface area (Å²) in [5.41, 5.74) is 3.88. The molecule has 0 aliphatic carbocycles. The summed E-state index contributed by atoms with van der Waals surface area (Å²) in [6.07, 6.45) is 0.478. The predicted octanol–water partition coefficient (Wildman–Crippen LogP) is 5.81. The van der Waals surface area contributed by atoms with Crippen LogP contribution in [0.3, 0.4) is 0 Å². The number of phenolic OH excluding ortho intramolecular Hbond substituents is 1. The molecule has 1 aliphatic heterocycles. The van der Waals surface area contributed by atoms with Gasteiger partial charge in [0.2, 0.25) is 5.91 Å². The van der Waals surface area contributed by atoms with Gasteiger partial charge in [0, 0.05) is 18.7 Å². The summed E-state index contributed by atoms with van der Waals surface area (Å²) in [5.74, 6) is 2.40. The van der Waals surface area contributed by atoms with Gasteiger partial charge in [-0.15, -0.1) is 0 Å². The molecule has 8 nitrogen and oxygen atoms in total. The number of imidazole rings is 1. The largest absolute Gasteiger partial charge is 0.507 e. The van der Waals surface area contributed by atoms with Crippen LogP contribution in [0.2, 0.25) is 5.02 Å². The Labute approximate surface area is 222 Å². The van der Waals surface area contributed by atoms with E-state index >= 15 is 0 Å². The number of amides is 2. The maximum atomic E-state index is 11.8. The van der Waals surface area contributed by atoms with Crippen LogP contribution in [0.1, 0.15) is 22.5 Å². The van der Waals surface area contributed by atoms with E-state index in [-0.39, 0.29) is 23.5 Å². The molecule has 190 valence electrons. The zero-order valence-corrected chi connectivity index (χ0v) is 21.9. The van der Waals surface area contributed by atoms with Gasteiger partial charge in [0.25, 0.3) is 5.24 Å². The molecule has 2 N–H and O–H groups in total. The number of ether oxygens (including phenoxy) is 2. The molecule has 5 rings (SSSR count). The third kappa shape index (κ3) is 5.10. The molecule has 37 heavy (non-hydrogen) atoms. The van der Waals surface area contributed by atoms with Crippen LogP contribution in [0.25, 0.3) is 11.0 Å². The van der Waals surface area contributed by atoms with Crippen molar-refractivity contribution in [2.24, 2.45) is 7.05 Å². The summed E-state index contributed by atoms with van der Waals surface area (Å²) in [5, 5.41) is 12.1. The number of thioether (sulfide) groups is 1. The van der Waals surface area contributed by atoms with Crippen LogP contribution in [-0.4, -0.2) is 31.1 Å². The van der Waals surface area contributed by atoms with Crippen molar-refractivity contribution in [3.63, 3.8) is 0 Å². The Hall–Kier alpha value is -3.69. The smallest absolute Gasteiger partial charge is 0.286 e. The Bertz CT molecular complexity index is 1530. The number of aryl methyl sites for hydroxylation is 2. The molecule has 1 fully saturated rings. The molecule has 1 aliphatic rings. The molecule has 0 saturated carbocycles. The highest BCUT2D eigenvalue weighted by atomic mass is 35.5. The van der Waals surface area contributed by atoms with Crippen molar-refractivity contribution in [1.82, 2.24) is 14.9 Å². The van der Waals surface area contributed by atoms with Gasteiger partial charge in [-0.25, -0.2) is 4.98 Å². The van der Waals surface area contributed by atoms with Crippen molar-refractivity contribution in [1.29, 1.82) is 0 Å². The number of halogens is 1. The first kappa shape index (κ1) is 25.0. The Kier molecular flexibility index (Phi) is 6.74. The number of fused-ring (bicyclic) bond motifs is 1. The van der Waals surface area contributed by atoms with Crippen LogP contribution in [0.15, 0.2) is 48.5 Å². The number of nitrogens with zero attached hydrogens (tertiary/aromatic N) is 2. The number of carbonyl (C=O) groups is 2. The highest BCUT2D eigenvalue weighted by molar-refractivity contribution is 8.15. The first-order valence-corrected chi connectivity index (χ1v) is 12.8. The molecule has 0 spiro atoms. The SMILES string of the molecule is Cc1cc(Oc2ccc3nc(COc4ccc(CC5SC(=O)NC5=O)cc4)n(C)c3c2)c(Cl)c(C)c1O. The summed E-state index contributed by atoms with van der Waals surface area (Å²) in [7, 11) is 1.91. The molecule has 1 unspecified atom stereocenters. The van der Waals surface area contributed by atoms with E-state index in [0.717, 1.165) is 34.2 Å². The van der Waals surface area contributed by atoms with E-state index < -0.39 is 5.25 Å². The summed E-state index contributed by atoms with van der Waals surface area (Å²) in [6, 6.07) is 14.8. The maximum Gasteiger partial charge on any atom is 0.286 e. The summed E-state index contributed by atoms with van der Waals surface area (Å²) in [6.45, 7) is 3.81. The normalized spacial score (nSPS) is 15.3. The Morgan fingerprint density at radius 3 is 2.54 bits per heavy atom. The first-order chi connectivity index (χ1) is 17.7. The number of aromatic nitrogens is 2. The number of carbonyl (C=O) groups excluding carboxylic acids is 2. The number of aromatic hydroxyl groups is 1. The fraction of sp³-hybridized carbons (Fsp3) is 0.222. The van der Waals surface area contributed by atoms with Gasteiger partial charge in [-0.2, -0.15) is 0 Å². The molecule has 4 aromatic rings. The van der Waals surface area contributed by atoms with Crippen molar-refractivity contribution < 1.29 is 24.2 Å². The number of hydrogen-bond acceptors (Lipinski definition) is 7. The molecule has 2 amide bonds. The van der Waals surface area contributed by atoms with Gasteiger partial charge in [-0.1, -0.05) is 35.5 Å². The van der Waals surface area contributed by atoms with Crippen LogP contribution >= 0.6 is 23.4 Å². The van der Waals surface area contributed by atoms with Crippen LogP contribution in [0, 0.1) is 13.8 Å². The molecular weight excluding hydrogens is 514 g/mol. The van der Waals surface area contributed by atoms with Crippen molar-refractivity contribution >= 4 is 45.5 Å². The molecular formula is C27H24ClN3O5S.